The zero-order chi connectivity index (χ0) is 28.2. The summed E-state index contributed by atoms with van der Waals surface area (Å²) >= 11 is 0. The van der Waals surface area contributed by atoms with Crippen LogP contribution in [0.2, 0.25) is 0 Å². The third-order valence-corrected chi connectivity index (χ3v) is 7.17. The number of hydrogen-bond acceptors (Lipinski definition) is 7. The van der Waals surface area contributed by atoms with Gasteiger partial charge in [0, 0.05) is 19.5 Å². The molecule has 3 atom stereocenters. The molecule has 3 aliphatic rings. The highest BCUT2D eigenvalue weighted by Gasteiger charge is 2.46. The Kier molecular flexibility index (Phi) is 8.66. The predicted molar refractivity (Wildman–Crippen MR) is 139 cm³/mol. The number of carbonyl (C=O) groups excluding carboxylic acids is 3. The lowest BCUT2D eigenvalue weighted by atomic mass is 9.85. The van der Waals surface area contributed by atoms with E-state index in [-0.39, 0.29) is 19.6 Å². The highest BCUT2D eigenvalue weighted by Crippen LogP contribution is 2.29. The maximum Gasteiger partial charge on any atom is 0.410 e. The third-order valence-electron chi connectivity index (χ3n) is 7.17. The van der Waals surface area contributed by atoms with Crippen LogP contribution in [0, 0.1) is 5.41 Å². The molecule has 3 heterocycles. The van der Waals surface area contributed by atoms with E-state index in [1.807, 2.05) is 24.3 Å². The van der Waals surface area contributed by atoms with E-state index in [0.29, 0.717) is 26.1 Å². The zero-order valence-corrected chi connectivity index (χ0v) is 22.7. The lowest BCUT2D eigenvalue weighted by Crippen LogP contribution is -2.57. The Labute approximate surface area is 228 Å². The van der Waals surface area contributed by atoms with E-state index in [1.165, 1.54) is 4.90 Å². The Morgan fingerprint density at radius 2 is 1.87 bits per heavy atom. The SMILES string of the molecule is CC(C)(C)[C@@H]1NC(=O)OCCCCC=COCc2ccc3c(c2)CN(C3)C(=O)O[C@@H]2CC(C(=O)O)N(C2)C1=O. The molecule has 0 spiro atoms. The van der Waals surface area contributed by atoms with Crippen LogP contribution in [0.1, 0.15) is 63.1 Å². The standard InChI is InChI=1S/C28H37N3O8/c1-28(2,3)23-24(32)31-16-21(13-22(31)25(33)34)39-27(36)30-14-19-9-8-18(12-20(19)15-30)17-37-10-6-4-5-7-11-38-26(35)29-23/h6,8-10,12,21-23H,4-5,7,11,13-17H2,1-3H3,(H,29,35)(H,33,34)/t21-,22?,23-/m1/s1. The summed E-state index contributed by atoms with van der Waals surface area (Å²) < 4.78 is 16.6. The summed E-state index contributed by atoms with van der Waals surface area (Å²) in [4.78, 5) is 53.9. The minimum Gasteiger partial charge on any atom is -0.497 e. The molecular formula is C28H37N3O8. The molecule has 3 amide bonds. The first-order valence-corrected chi connectivity index (χ1v) is 13.3. The average Bonchev–Trinajstić information content (AvgIpc) is 3.49. The number of cyclic esters (lactones) is 1. The Balaban J connectivity index is 1.54. The molecule has 212 valence electrons. The summed E-state index contributed by atoms with van der Waals surface area (Å²) in [6.07, 6.45) is 3.60. The van der Waals surface area contributed by atoms with Gasteiger partial charge in [-0.15, -0.1) is 0 Å². The highest BCUT2D eigenvalue weighted by molar-refractivity contribution is 5.90. The molecule has 39 heavy (non-hydrogen) atoms. The highest BCUT2D eigenvalue weighted by atomic mass is 16.6. The van der Waals surface area contributed by atoms with Crippen LogP contribution in [0.3, 0.4) is 0 Å². The quantitative estimate of drug-likeness (QED) is 0.549. The summed E-state index contributed by atoms with van der Waals surface area (Å²) in [5.41, 5.74) is 2.27. The number of benzene rings is 1. The van der Waals surface area contributed by atoms with Crippen molar-refractivity contribution >= 4 is 24.1 Å². The van der Waals surface area contributed by atoms with Crippen LogP contribution in [-0.4, -0.2) is 70.3 Å². The van der Waals surface area contributed by atoms with Crippen molar-refractivity contribution in [2.45, 2.75) is 84.3 Å². The van der Waals surface area contributed by atoms with Crippen molar-refractivity contribution in [3.8, 4) is 0 Å². The molecule has 5 bridgehead atoms. The van der Waals surface area contributed by atoms with Gasteiger partial charge in [0.05, 0.1) is 19.4 Å². The van der Waals surface area contributed by atoms with Gasteiger partial charge in [-0.05, 0) is 47.4 Å². The number of fused-ring (bicyclic) bond motifs is 4. The molecule has 1 aromatic carbocycles. The number of rotatable bonds is 1. The number of aliphatic carboxylic acids is 1. The molecule has 4 rings (SSSR count). The van der Waals surface area contributed by atoms with Gasteiger partial charge in [-0.2, -0.15) is 0 Å². The number of ether oxygens (including phenoxy) is 3. The van der Waals surface area contributed by atoms with Crippen LogP contribution in [0.4, 0.5) is 9.59 Å². The normalized spacial score (nSPS) is 25.1. The fourth-order valence-electron chi connectivity index (χ4n) is 5.03. The fourth-order valence-corrected chi connectivity index (χ4v) is 5.03. The molecule has 1 aromatic rings. The van der Waals surface area contributed by atoms with Crippen LogP contribution < -0.4 is 5.32 Å². The Morgan fingerprint density at radius 1 is 1.10 bits per heavy atom. The van der Waals surface area contributed by atoms with Crippen LogP contribution >= 0.6 is 0 Å². The van der Waals surface area contributed by atoms with Crippen LogP contribution in [0.5, 0.6) is 0 Å². The molecule has 3 aliphatic heterocycles. The monoisotopic (exact) mass is 543 g/mol. The number of carboxylic acids is 1. The van der Waals surface area contributed by atoms with Gasteiger partial charge in [0.25, 0.3) is 0 Å². The molecule has 1 fully saturated rings. The minimum atomic E-state index is -1.20. The molecule has 2 N–H and O–H groups in total. The van der Waals surface area contributed by atoms with Gasteiger partial charge in [-0.25, -0.2) is 14.4 Å². The van der Waals surface area contributed by atoms with Gasteiger partial charge >= 0.3 is 18.2 Å². The molecule has 0 aliphatic carbocycles. The van der Waals surface area contributed by atoms with Gasteiger partial charge in [-0.3, -0.25) is 9.69 Å². The first kappa shape index (κ1) is 28.3. The summed E-state index contributed by atoms with van der Waals surface area (Å²) in [6, 6.07) is 3.73. The van der Waals surface area contributed by atoms with E-state index in [9.17, 15) is 24.3 Å². The molecule has 11 heteroatoms. The van der Waals surface area contributed by atoms with Crippen molar-refractivity contribution in [1.29, 1.82) is 0 Å². The van der Waals surface area contributed by atoms with Gasteiger partial charge < -0.3 is 29.5 Å². The topological polar surface area (TPSA) is 135 Å². The molecular weight excluding hydrogens is 506 g/mol. The van der Waals surface area contributed by atoms with Crippen LogP contribution in [-0.2, 0) is 43.5 Å². The van der Waals surface area contributed by atoms with E-state index in [2.05, 4.69) is 5.32 Å². The van der Waals surface area contributed by atoms with E-state index in [1.54, 1.807) is 31.9 Å². The first-order valence-electron chi connectivity index (χ1n) is 13.3. The number of nitrogens with one attached hydrogen (secondary N) is 1. The molecule has 0 radical (unpaired) electrons. The lowest BCUT2D eigenvalue weighted by molar-refractivity contribution is -0.150. The number of allylic oxidation sites excluding steroid dienone is 1. The van der Waals surface area contributed by atoms with E-state index < -0.39 is 47.7 Å². The zero-order valence-electron chi connectivity index (χ0n) is 22.7. The second-order valence-corrected chi connectivity index (χ2v) is 11.3. The van der Waals surface area contributed by atoms with Crippen LogP contribution in [0.25, 0.3) is 0 Å². The van der Waals surface area contributed by atoms with Crippen molar-refractivity contribution in [2.75, 3.05) is 13.2 Å². The Hall–Kier alpha value is -3.76. The van der Waals surface area contributed by atoms with Crippen molar-refractivity contribution in [3.05, 3.63) is 47.2 Å². The summed E-state index contributed by atoms with van der Waals surface area (Å²) in [5, 5.41) is 12.5. The maximum absolute atomic E-state index is 13.6. The van der Waals surface area contributed by atoms with E-state index in [4.69, 9.17) is 14.2 Å². The number of amides is 3. The summed E-state index contributed by atoms with van der Waals surface area (Å²) in [5.74, 6) is -1.76. The lowest BCUT2D eigenvalue weighted by Gasteiger charge is -2.34. The molecule has 1 unspecified atom stereocenters. The van der Waals surface area contributed by atoms with Crippen molar-refractivity contribution in [3.63, 3.8) is 0 Å². The summed E-state index contributed by atoms with van der Waals surface area (Å²) in [6.45, 7) is 6.56. The van der Waals surface area contributed by atoms with Gasteiger partial charge in [0.2, 0.25) is 5.91 Å². The second kappa shape index (κ2) is 12.0. The van der Waals surface area contributed by atoms with Crippen molar-refractivity contribution in [1.82, 2.24) is 15.1 Å². The number of alkyl carbamates (subject to hydrolysis) is 1. The third kappa shape index (κ3) is 7.01. The van der Waals surface area contributed by atoms with Crippen LogP contribution in [0.15, 0.2) is 30.5 Å². The van der Waals surface area contributed by atoms with Crippen molar-refractivity contribution in [2.24, 2.45) is 5.41 Å². The van der Waals surface area contributed by atoms with Crippen molar-refractivity contribution < 1.29 is 38.5 Å². The number of carbonyl (C=O) groups is 4. The average molecular weight is 544 g/mol. The number of carboxylic acid groups (broad SMARTS) is 1. The van der Waals surface area contributed by atoms with Gasteiger partial charge in [0.1, 0.15) is 24.8 Å². The molecule has 11 nitrogen and oxygen atoms in total. The Bertz CT molecular complexity index is 1130. The number of hydrogen-bond donors (Lipinski definition) is 2. The van der Waals surface area contributed by atoms with E-state index >= 15 is 0 Å². The first-order chi connectivity index (χ1) is 18.5. The maximum atomic E-state index is 13.6. The molecule has 1 saturated heterocycles. The van der Waals surface area contributed by atoms with E-state index in [0.717, 1.165) is 29.5 Å². The Morgan fingerprint density at radius 3 is 2.62 bits per heavy atom. The predicted octanol–water partition coefficient (Wildman–Crippen LogP) is 3.55. The minimum absolute atomic E-state index is 0.0378. The fraction of sp³-hybridized carbons (Fsp3) is 0.571. The summed E-state index contributed by atoms with van der Waals surface area (Å²) in [7, 11) is 0. The number of nitrogens with zero attached hydrogens (tertiary/aromatic N) is 2. The second-order valence-electron chi connectivity index (χ2n) is 11.3. The molecule has 0 saturated carbocycles. The van der Waals surface area contributed by atoms with Gasteiger partial charge in [-0.1, -0.05) is 39.0 Å². The largest absolute Gasteiger partial charge is 0.497 e. The smallest absolute Gasteiger partial charge is 0.410 e. The van der Waals surface area contributed by atoms with Gasteiger partial charge in [0.15, 0.2) is 0 Å². The molecule has 0 aromatic heterocycles.